The Morgan fingerprint density at radius 1 is 1.25 bits per heavy atom. The van der Waals surface area contributed by atoms with Gasteiger partial charge in [0.1, 0.15) is 0 Å². The Balaban J connectivity index is 0. The Hall–Kier alpha value is 1.12. The molecule has 0 nitrogen and oxygen atoms in total. The molecule has 0 aromatic carbocycles. The van der Waals surface area contributed by atoms with Crippen LogP contribution < -0.4 is 0 Å². The monoisotopic (exact) mass is 246 g/mol. The van der Waals surface area contributed by atoms with Crippen molar-refractivity contribution < 1.29 is 21.1 Å². The molecule has 0 aliphatic rings. The van der Waals surface area contributed by atoms with Crippen LogP contribution in [0.5, 0.6) is 0 Å². The van der Waals surface area contributed by atoms with Gasteiger partial charge in [0.05, 0.1) is 0 Å². The molecule has 0 aromatic heterocycles. The quantitative estimate of drug-likeness (QED) is 0.557. The fourth-order valence-electron chi connectivity index (χ4n) is 0. The van der Waals surface area contributed by atoms with E-state index in [2.05, 4.69) is 13.3 Å². The van der Waals surface area contributed by atoms with E-state index < -0.39 is 0 Å². The van der Waals surface area contributed by atoms with Crippen molar-refractivity contribution in [2.24, 2.45) is 0 Å². The van der Waals surface area contributed by atoms with Gasteiger partial charge < -0.3 is 0 Å². The summed E-state index contributed by atoms with van der Waals surface area (Å²) in [5.41, 5.74) is 0. The van der Waals surface area contributed by atoms with Crippen LogP contribution >= 0.6 is 8.58 Å². The zero-order chi connectivity index (χ0) is 2.71. The van der Waals surface area contributed by atoms with E-state index in [4.69, 9.17) is 0 Å². The van der Waals surface area contributed by atoms with Crippen LogP contribution in [0, 0.1) is 0 Å². The maximum Gasteiger partial charge on any atom is 0 e. The Morgan fingerprint density at radius 2 is 1.25 bits per heavy atom. The minimum atomic E-state index is 0. The van der Waals surface area contributed by atoms with E-state index in [0.717, 1.165) is 8.58 Å². The molecule has 0 spiro atoms. The molecule has 4 heavy (non-hydrogen) atoms. The van der Waals surface area contributed by atoms with Gasteiger partial charge in [0, 0.05) is 21.1 Å². The van der Waals surface area contributed by atoms with Crippen molar-refractivity contribution in [3.63, 3.8) is 0 Å². The first kappa shape index (κ1) is 8.93. The molecule has 0 aliphatic carbocycles. The zero-order valence-electron chi connectivity index (χ0n) is 2.91. The van der Waals surface area contributed by atoms with E-state index >= 15 is 0 Å². The summed E-state index contributed by atoms with van der Waals surface area (Å²) in [6, 6.07) is 0. The summed E-state index contributed by atoms with van der Waals surface area (Å²) in [5.74, 6) is 0. The normalized spacial score (nSPS) is 4.50. The van der Waals surface area contributed by atoms with Gasteiger partial charge in [-0.3, -0.25) is 0 Å². The van der Waals surface area contributed by atoms with Crippen LogP contribution in [0.2, 0.25) is 0 Å². The summed E-state index contributed by atoms with van der Waals surface area (Å²) >= 11 is 0. The molecule has 0 unspecified atom stereocenters. The first-order chi connectivity index (χ1) is 1.41. The smallest absolute Gasteiger partial charge is 0 e. The van der Waals surface area contributed by atoms with E-state index in [-0.39, 0.29) is 21.1 Å². The molecule has 2 heteroatoms. The molecule has 0 bridgehead atoms. The molecule has 0 aromatic rings. The topological polar surface area (TPSA) is 0 Å². The number of hydrogen-bond acceptors (Lipinski definition) is 0. The molecule has 0 radical (unpaired) electrons. The summed E-state index contributed by atoms with van der Waals surface area (Å²) in [7, 11) is 1.08. The van der Waals surface area contributed by atoms with Crippen molar-refractivity contribution in [2.45, 2.75) is 0 Å². The van der Waals surface area contributed by atoms with Crippen LogP contribution in [-0.4, -0.2) is 13.3 Å². The predicted octanol–water partition coefficient (Wildman–Crippen LogP) is 0.922. The van der Waals surface area contributed by atoms with Gasteiger partial charge in [-0.25, -0.2) is 0 Å². The van der Waals surface area contributed by atoms with Crippen LogP contribution in [0.15, 0.2) is 0 Å². The van der Waals surface area contributed by atoms with Crippen molar-refractivity contribution in [3.05, 3.63) is 0 Å². The third kappa shape index (κ3) is 11.2. The van der Waals surface area contributed by atoms with Crippen molar-refractivity contribution in [1.82, 2.24) is 0 Å². The average Bonchev–Trinajstić information content (AvgIpc) is 0.918. The molecule has 0 saturated heterocycles. The molecule has 0 fully saturated rings. The van der Waals surface area contributed by atoms with Gasteiger partial charge in [0.2, 0.25) is 0 Å². The number of rotatable bonds is 0. The average molecular weight is 246 g/mol. The molecule has 0 saturated carbocycles. The van der Waals surface area contributed by atoms with Crippen molar-refractivity contribution in [3.8, 4) is 0 Å². The van der Waals surface area contributed by atoms with Crippen LogP contribution in [0.3, 0.4) is 0 Å². The van der Waals surface area contributed by atoms with Gasteiger partial charge in [-0.2, -0.15) is 0 Å². The molecule has 0 rings (SSSR count). The Kier molecular flexibility index (Phi) is 19.9. The van der Waals surface area contributed by atoms with Crippen molar-refractivity contribution in [1.29, 1.82) is 0 Å². The van der Waals surface area contributed by atoms with E-state index in [1.54, 1.807) is 0 Å². The van der Waals surface area contributed by atoms with Crippen molar-refractivity contribution >= 4 is 8.58 Å². The maximum absolute atomic E-state index is 2.15. The van der Waals surface area contributed by atoms with E-state index in [9.17, 15) is 0 Å². The SMILES string of the molecule is CPC.[W]. The summed E-state index contributed by atoms with van der Waals surface area (Å²) in [6.07, 6.45) is 0. The van der Waals surface area contributed by atoms with Crippen LogP contribution in [0.1, 0.15) is 0 Å². The molecule has 0 amide bonds. The summed E-state index contributed by atoms with van der Waals surface area (Å²) in [4.78, 5) is 0. The second kappa shape index (κ2) is 8.92. The molecule has 26 valence electrons. The zero-order valence-corrected chi connectivity index (χ0v) is 6.84. The van der Waals surface area contributed by atoms with Gasteiger partial charge in [0.25, 0.3) is 0 Å². The molecule has 0 atom stereocenters. The second-order valence-corrected chi connectivity index (χ2v) is 1.50. The fraction of sp³-hybridized carbons (Fsp3) is 1.00. The minimum absolute atomic E-state index is 0. The second-order valence-electron chi connectivity index (χ2n) is 0.500. The maximum atomic E-state index is 2.15. The van der Waals surface area contributed by atoms with Crippen LogP contribution in [0.4, 0.5) is 0 Å². The molecular formula is C2H7PW. The predicted molar refractivity (Wildman–Crippen MR) is 20.2 cm³/mol. The largest absolute Gasteiger partial charge is 0.129 e. The Morgan fingerprint density at radius 3 is 1.25 bits per heavy atom. The van der Waals surface area contributed by atoms with Gasteiger partial charge in [-0.05, 0) is 13.3 Å². The first-order valence-corrected chi connectivity index (χ1v) is 3.00. The molecule has 0 N–H and O–H groups in total. The minimum Gasteiger partial charge on any atom is -0.129 e. The van der Waals surface area contributed by atoms with E-state index in [1.165, 1.54) is 0 Å². The number of hydrogen-bond donors (Lipinski definition) is 0. The standard InChI is InChI=1S/C2H7P.W/c1-3-2;/h3H,1-2H3;. The van der Waals surface area contributed by atoms with Crippen LogP contribution in [0.25, 0.3) is 0 Å². The van der Waals surface area contributed by atoms with Gasteiger partial charge in [-0.1, -0.05) is 0 Å². The fourth-order valence-corrected chi connectivity index (χ4v) is 0. The van der Waals surface area contributed by atoms with Crippen LogP contribution in [-0.2, 0) is 21.1 Å². The molecule has 0 aliphatic heterocycles. The molecular weight excluding hydrogens is 239 g/mol. The van der Waals surface area contributed by atoms with Gasteiger partial charge in [0.15, 0.2) is 0 Å². The van der Waals surface area contributed by atoms with E-state index in [1.807, 2.05) is 0 Å². The van der Waals surface area contributed by atoms with Crippen molar-refractivity contribution in [2.75, 3.05) is 13.3 Å². The van der Waals surface area contributed by atoms with Gasteiger partial charge in [-0.15, -0.1) is 8.58 Å². The molecule has 0 heterocycles. The third-order valence-corrected chi connectivity index (χ3v) is 0. The Bertz CT molecular complexity index is 6.00. The van der Waals surface area contributed by atoms with Gasteiger partial charge >= 0.3 is 0 Å². The Labute approximate surface area is 43.4 Å². The first-order valence-electron chi connectivity index (χ1n) is 1.00. The summed E-state index contributed by atoms with van der Waals surface area (Å²) in [5, 5.41) is 0. The third-order valence-electron chi connectivity index (χ3n) is 0. The summed E-state index contributed by atoms with van der Waals surface area (Å²) < 4.78 is 0. The van der Waals surface area contributed by atoms with E-state index in [0.29, 0.717) is 0 Å². The summed E-state index contributed by atoms with van der Waals surface area (Å²) in [6.45, 7) is 4.31.